The van der Waals surface area contributed by atoms with Gasteiger partial charge in [-0.1, -0.05) is 13.0 Å². The normalized spacial score (nSPS) is 11.9. The predicted octanol–water partition coefficient (Wildman–Crippen LogP) is 2.18. The maximum atomic E-state index is 11.0. The fourth-order valence-corrected chi connectivity index (χ4v) is 1.61. The molecule has 1 aromatic carbocycles. The van der Waals surface area contributed by atoms with Gasteiger partial charge in [0.1, 0.15) is 0 Å². The van der Waals surface area contributed by atoms with Crippen molar-refractivity contribution >= 4 is 11.7 Å². The van der Waals surface area contributed by atoms with Crippen LogP contribution >= 0.6 is 0 Å². The summed E-state index contributed by atoms with van der Waals surface area (Å²) < 4.78 is 4.89. The molecule has 0 bridgehead atoms. The lowest BCUT2D eigenvalue weighted by Gasteiger charge is -2.11. The Morgan fingerprint density at radius 2 is 2.24 bits per heavy atom. The van der Waals surface area contributed by atoms with Crippen LogP contribution in [0, 0.1) is 10.1 Å². The van der Waals surface area contributed by atoms with Gasteiger partial charge >= 0.3 is 11.7 Å². The van der Waals surface area contributed by atoms with Gasteiger partial charge in [-0.15, -0.1) is 0 Å². The number of carboxylic acid groups (broad SMARTS) is 1. The average Bonchev–Trinajstić information content (AvgIpc) is 2.28. The number of ether oxygens (including phenoxy) is 1. The molecule has 6 nitrogen and oxygen atoms in total. The Morgan fingerprint density at radius 1 is 1.59 bits per heavy atom. The molecule has 6 heteroatoms. The number of nitro groups is 1. The lowest BCUT2D eigenvalue weighted by molar-refractivity contribution is -0.385. The van der Waals surface area contributed by atoms with Gasteiger partial charge in [0, 0.05) is 6.07 Å². The van der Waals surface area contributed by atoms with Crippen molar-refractivity contribution in [2.24, 2.45) is 0 Å². The molecule has 1 N–H and O–H groups in total. The molecule has 1 aromatic rings. The van der Waals surface area contributed by atoms with E-state index in [0.717, 1.165) is 0 Å². The molecule has 0 aliphatic heterocycles. The zero-order chi connectivity index (χ0) is 13.0. The predicted molar refractivity (Wildman–Crippen MR) is 60.3 cm³/mol. The second kappa shape index (κ2) is 5.29. The van der Waals surface area contributed by atoms with Crippen molar-refractivity contribution in [2.45, 2.75) is 19.3 Å². The SMILES string of the molecule is CCC(C(=O)O)c1ccc([N+](=O)[O-])c(OC)c1. The van der Waals surface area contributed by atoms with Gasteiger partial charge in [0.15, 0.2) is 5.75 Å². The van der Waals surface area contributed by atoms with E-state index >= 15 is 0 Å². The van der Waals surface area contributed by atoms with Crippen LogP contribution in [0.3, 0.4) is 0 Å². The topological polar surface area (TPSA) is 89.7 Å². The molecule has 0 aliphatic rings. The first-order chi connectivity index (χ1) is 8.01. The summed E-state index contributed by atoms with van der Waals surface area (Å²) in [6.07, 6.45) is 0.413. The van der Waals surface area contributed by atoms with Crippen LogP contribution in [0.25, 0.3) is 0 Å². The number of hydrogen-bond acceptors (Lipinski definition) is 4. The van der Waals surface area contributed by atoms with Crippen LogP contribution < -0.4 is 4.74 Å². The summed E-state index contributed by atoms with van der Waals surface area (Å²) in [5.74, 6) is -1.56. The molecule has 1 rings (SSSR count). The first kappa shape index (κ1) is 13.0. The van der Waals surface area contributed by atoms with E-state index < -0.39 is 16.8 Å². The summed E-state index contributed by atoms with van der Waals surface area (Å²) >= 11 is 0. The van der Waals surface area contributed by atoms with E-state index in [4.69, 9.17) is 9.84 Å². The Kier molecular flexibility index (Phi) is 4.03. The van der Waals surface area contributed by atoms with Crippen molar-refractivity contribution in [3.8, 4) is 5.75 Å². The van der Waals surface area contributed by atoms with E-state index in [1.165, 1.54) is 25.3 Å². The molecule has 0 amide bonds. The van der Waals surface area contributed by atoms with Gasteiger partial charge in [-0.25, -0.2) is 0 Å². The Morgan fingerprint density at radius 3 is 2.65 bits per heavy atom. The van der Waals surface area contributed by atoms with E-state index in [-0.39, 0.29) is 11.4 Å². The molecule has 0 aromatic heterocycles. The number of hydrogen-bond donors (Lipinski definition) is 1. The molecule has 1 atom stereocenters. The van der Waals surface area contributed by atoms with E-state index in [1.54, 1.807) is 6.92 Å². The largest absolute Gasteiger partial charge is 0.490 e. The maximum absolute atomic E-state index is 11.0. The van der Waals surface area contributed by atoms with Gasteiger partial charge in [-0.05, 0) is 18.1 Å². The van der Waals surface area contributed by atoms with Crippen LogP contribution in [0.1, 0.15) is 24.8 Å². The summed E-state index contributed by atoms with van der Waals surface area (Å²) in [5.41, 5.74) is 0.332. The molecular formula is C11H13NO5. The van der Waals surface area contributed by atoms with Gasteiger partial charge in [0.2, 0.25) is 0 Å². The van der Waals surface area contributed by atoms with Crippen molar-refractivity contribution in [2.75, 3.05) is 7.11 Å². The highest BCUT2D eigenvalue weighted by Crippen LogP contribution is 2.31. The summed E-state index contributed by atoms with van der Waals surface area (Å²) in [6, 6.07) is 4.11. The minimum atomic E-state index is -0.955. The highest BCUT2D eigenvalue weighted by Gasteiger charge is 2.22. The van der Waals surface area contributed by atoms with Crippen LogP contribution in [-0.4, -0.2) is 23.1 Å². The van der Waals surface area contributed by atoms with E-state index in [1.807, 2.05) is 0 Å². The number of methoxy groups -OCH3 is 1. The fraction of sp³-hybridized carbons (Fsp3) is 0.364. The third kappa shape index (κ3) is 2.72. The third-order valence-corrected chi connectivity index (χ3v) is 2.51. The molecule has 0 heterocycles. The number of carbonyl (C=O) groups is 1. The van der Waals surface area contributed by atoms with Crippen molar-refractivity contribution in [3.63, 3.8) is 0 Å². The van der Waals surface area contributed by atoms with E-state index in [0.29, 0.717) is 12.0 Å². The highest BCUT2D eigenvalue weighted by atomic mass is 16.6. The molecular weight excluding hydrogens is 226 g/mol. The van der Waals surface area contributed by atoms with Crippen molar-refractivity contribution in [1.82, 2.24) is 0 Å². The Labute approximate surface area is 98.0 Å². The van der Waals surface area contributed by atoms with E-state index in [9.17, 15) is 14.9 Å². The lowest BCUT2D eigenvalue weighted by atomic mass is 9.96. The van der Waals surface area contributed by atoms with Crippen LogP contribution in [0.15, 0.2) is 18.2 Å². The maximum Gasteiger partial charge on any atom is 0.310 e. The molecule has 0 saturated carbocycles. The number of nitro benzene ring substituents is 1. The van der Waals surface area contributed by atoms with Crippen LogP contribution in [0.4, 0.5) is 5.69 Å². The smallest absolute Gasteiger partial charge is 0.310 e. The van der Waals surface area contributed by atoms with Crippen molar-refractivity contribution < 1.29 is 19.6 Å². The van der Waals surface area contributed by atoms with Crippen molar-refractivity contribution in [3.05, 3.63) is 33.9 Å². The van der Waals surface area contributed by atoms with Gasteiger partial charge < -0.3 is 9.84 Å². The number of carboxylic acids is 1. The Bertz CT molecular complexity index is 443. The molecule has 0 saturated heterocycles. The third-order valence-electron chi connectivity index (χ3n) is 2.51. The summed E-state index contributed by atoms with van der Waals surface area (Å²) in [6.45, 7) is 1.74. The molecule has 0 radical (unpaired) electrons. The number of nitrogens with zero attached hydrogens (tertiary/aromatic N) is 1. The fourth-order valence-electron chi connectivity index (χ4n) is 1.61. The van der Waals surface area contributed by atoms with Gasteiger partial charge in [0.25, 0.3) is 0 Å². The first-order valence-corrected chi connectivity index (χ1v) is 5.06. The molecule has 17 heavy (non-hydrogen) atoms. The monoisotopic (exact) mass is 239 g/mol. The Balaban J connectivity index is 3.21. The standard InChI is InChI=1S/C11H13NO5/c1-3-8(11(13)14)7-4-5-9(12(15)16)10(6-7)17-2/h4-6,8H,3H2,1-2H3,(H,13,14). The van der Waals surface area contributed by atoms with Gasteiger partial charge in [-0.3, -0.25) is 14.9 Å². The zero-order valence-corrected chi connectivity index (χ0v) is 9.54. The summed E-state index contributed by atoms with van der Waals surface area (Å²) in [4.78, 5) is 21.1. The summed E-state index contributed by atoms with van der Waals surface area (Å²) in [7, 11) is 1.31. The second-order valence-corrected chi connectivity index (χ2v) is 3.49. The van der Waals surface area contributed by atoms with Crippen LogP contribution in [0.5, 0.6) is 5.75 Å². The number of rotatable bonds is 5. The van der Waals surface area contributed by atoms with Crippen molar-refractivity contribution in [1.29, 1.82) is 0 Å². The van der Waals surface area contributed by atoms with Crippen LogP contribution in [0.2, 0.25) is 0 Å². The molecule has 0 aliphatic carbocycles. The quantitative estimate of drug-likeness (QED) is 0.628. The minimum absolute atomic E-state index is 0.0761. The Hall–Kier alpha value is -2.11. The van der Waals surface area contributed by atoms with Gasteiger partial charge in [0.05, 0.1) is 18.0 Å². The lowest BCUT2D eigenvalue weighted by Crippen LogP contribution is -2.10. The number of benzene rings is 1. The van der Waals surface area contributed by atoms with Crippen LogP contribution in [-0.2, 0) is 4.79 Å². The molecule has 0 fully saturated rings. The second-order valence-electron chi connectivity index (χ2n) is 3.49. The molecule has 92 valence electrons. The molecule has 0 spiro atoms. The average molecular weight is 239 g/mol. The number of aliphatic carboxylic acids is 1. The van der Waals surface area contributed by atoms with E-state index in [2.05, 4.69) is 0 Å². The summed E-state index contributed by atoms with van der Waals surface area (Å²) in [5, 5.41) is 19.7. The minimum Gasteiger partial charge on any atom is -0.490 e. The highest BCUT2D eigenvalue weighted by molar-refractivity contribution is 5.76. The first-order valence-electron chi connectivity index (χ1n) is 5.06. The van der Waals surface area contributed by atoms with Gasteiger partial charge in [-0.2, -0.15) is 0 Å². The zero-order valence-electron chi connectivity index (χ0n) is 9.54. The molecule has 1 unspecified atom stereocenters.